The summed E-state index contributed by atoms with van der Waals surface area (Å²) in [6, 6.07) is 0. The Labute approximate surface area is 149 Å². The maximum Gasteiger partial charge on any atom is 0.330 e. The van der Waals surface area contributed by atoms with Gasteiger partial charge in [-0.3, -0.25) is 0 Å². The maximum absolute atomic E-state index is 11.5. The molecule has 130 valence electrons. The molecule has 23 heavy (non-hydrogen) atoms. The summed E-state index contributed by atoms with van der Waals surface area (Å²) in [7, 11) is 0. The summed E-state index contributed by atoms with van der Waals surface area (Å²) in [4.78, 5) is 11.5. The Balaban J connectivity index is 1.66. The molecule has 0 aliphatic heterocycles. The molecule has 0 spiro atoms. The lowest BCUT2D eigenvalue weighted by Crippen LogP contribution is -2.54. The number of hydrogen-bond acceptors (Lipinski definition) is 4. The highest BCUT2D eigenvalue weighted by Crippen LogP contribution is 2.66. The second kappa shape index (κ2) is 7.03. The molecule has 3 atom stereocenters. The molecule has 2 nitrogen and oxygen atoms in total. The quantitative estimate of drug-likeness (QED) is 0.343. The van der Waals surface area contributed by atoms with Crippen molar-refractivity contribution in [2.45, 2.75) is 57.0 Å². The van der Waals surface area contributed by atoms with Crippen LogP contribution in [0.25, 0.3) is 0 Å². The van der Waals surface area contributed by atoms with Crippen LogP contribution in [0.5, 0.6) is 0 Å². The summed E-state index contributed by atoms with van der Waals surface area (Å²) in [5, 5.41) is 0. The van der Waals surface area contributed by atoms with Gasteiger partial charge in [-0.05, 0) is 68.5 Å². The summed E-state index contributed by atoms with van der Waals surface area (Å²) in [6.07, 6.45) is 9.38. The number of hydrogen-bond donors (Lipinski definition) is 0. The lowest BCUT2D eigenvalue weighted by molar-refractivity contribution is -0.157. The largest absolute Gasteiger partial charge is 0.462 e. The highest BCUT2D eigenvalue weighted by atomic mass is 32.2. The van der Waals surface area contributed by atoms with Crippen LogP contribution in [0.3, 0.4) is 0 Å². The predicted molar refractivity (Wildman–Crippen MR) is 101 cm³/mol. The van der Waals surface area contributed by atoms with Gasteiger partial charge in [0.05, 0.1) is 6.61 Å². The number of esters is 1. The van der Waals surface area contributed by atoms with E-state index < -0.39 is 0 Å². The van der Waals surface area contributed by atoms with Gasteiger partial charge in [0.25, 0.3) is 0 Å². The molecule has 4 saturated carbocycles. The molecule has 0 aromatic carbocycles. The SMILES string of the molecule is C=CC(=O)OCC12CC3CC(C1)CC(CSC(C)SCC)(C3)C2. The first-order valence-corrected chi connectivity index (χ1v) is 11.1. The molecule has 0 radical (unpaired) electrons. The van der Waals surface area contributed by atoms with E-state index in [0.29, 0.717) is 16.6 Å². The second-order valence-corrected chi connectivity index (χ2v) is 11.4. The molecule has 0 amide bonds. The zero-order chi connectivity index (χ0) is 16.5. The molecule has 4 aliphatic rings. The van der Waals surface area contributed by atoms with Crippen molar-refractivity contribution in [1.29, 1.82) is 0 Å². The molecule has 4 rings (SSSR count). The van der Waals surface area contributed by atoms with Crippen LogP contribution in [-0.4, -0.2) is 28.7 Å². The summed E-state index contributed by atoms with van der Waals surface area (Å²) in [6.45, 7) is 8.74. The normalized spacial score (nSPS) is 39.2. The van der Waals surface area contributed by atoms with E-state index in [1.807, 2.05) is 0 Å². The fourth-order valence-electron chi connectivity index (χ4n) is 5.85. The van der Waals surface area contributed by atoms with Crippen LogP contribution >= 0.6 is 23.5 Å². The van der Waals surface area contributed by atoms with Gasteiger partial charge in [-0.15, -0.1) is 23.5 Å². The van der Waals surface area contributed by atoms with Crippen LogP contribution in [-0.2, 0) is 9.53 Å². The van der Waals surface area contributed by atoms with Crippen LogP contribution in [0.4, 0.5) is 0 Å². The fraction of sp³-hybridized carbons (Fsp3) is 0.842. The molecule has 4 fully saturated rings. The van der Waals surface area contributed by atoms with Crippen molar-refractivity contribution in [3.63, 3.8) is 0 Å². The molecule has 4 aliphatic carbocycles. The van der Waals surface area contributed by atoms with Gasteiger partial charge in [-0.2, -0.15) is 0 Å². The van der Waals surface area contributed by atoms with Gasteiger partial charge in [0.1, 0.15) is 0 Å². The van der Waals surface area contributed by atoms with E-state index in [9.17, 15) is 4.79 Å². The molecule has 0 aromatic heterocycles. The minimum Gasteiger partial charge on any atom is -0.462 e. The Hall–Kier alpha value is -0.0900. The first-order chi connectivity index (χ1) is 11.0. The molecule has 0 N–H and O–H groups in total. The summed E-state index contributed by atoms with van der Waals surface area (Å²) in [5.41, 5.74) is 0.780. The average Bonchev–Trinajstić information content (AvgIpc) is 2.50. The number of ether oxygens (including phenoxy) is 1. The highest BCUT2D eigenvalue weighted by molar-refractivity contribution is 8.16. The van der Waals surface area contributed by atoms with Crippen LogP contribution in [0.1, 0.15) is 52.4 Å². The second-order valence-electron chi connectivity index (χ2n) is 8.11. The van der Waals surface area contributed by atoms with Crippen molar-refractivity contribution in [3.8, 4) is 0 Å². The molecule has 0 saturated heterocycles. The Bertz CT molecular complexity index is 448. The van der Waals surface area contributed by atoms with Gasteiger partial charge in [0.2, 0.25) is 0 Å². The van der Waals surface area contributed by atoms with Crippen LogP contribution in [0.15, 0.2) is 12.7 Å². The summed E-state index contributed by atoms with van der Waals surface area (Å²) in [5.74, 6) is 3.98. The van der Waals surface area contributed by atoms with Gasteiger partial charge in [0, 0.05) is 21.8 Å². The van der Waals surface area contributed by atoms with E-state index in [2.05, 4.69) is 44.0 Å². The molecular formula is C19H30O2S2. The molecule has 4 bridgehead atoms. The Morgan fingerprint density at radius 3 is 2.52 bits per heavy atom. The van der Waals surface area contributed by atoms with Crippen LogP contribution in [0.2, 0.25) is 0 Å². The van der Waals surface area contributed by atoms with Crippen molar-refractivity contribution in [2.24, 2.45) is 22.7 Å². The zero-order valence-corrected chi connectivity index (χ0v) is 16.1. The summed E-state index contributed by atoms with van der Waals surface area (Å²) < 4.78 is 6.21. The zero-order valence-electron chi connectivity index (χ0n) is 14.5. The maximum atomic E-state index is 11.5. The Morgan fingerprint density at radius 1 is 1.26 bits per heavy atom. The molecular weight excluding hydrogens is 324 g/mol. The standard InChI is InChI=1S/C19H30O2S2/c1-4-17(20)21-12-18-7-15-6-16(8-18)10-19(9-15,11-18)13-23-14(3)22-5-2/h4,14-16H,1,5-13H2,2-3H3. The monoisotopic (exact) mass is 354 g/mol. The van der Waals surface area contributed by atoms with E-state index in [0.717, 1.165) is 11.8 Å². The van der Waals surface area contributed by atoms with Gasteiger partial charge in [-0.1, -0.05) is 13.5 Å². The number of carbonyl (C=O) groups is 1. The van der Waals surface area contributed by atoms with E-state index in [-0.39, 0.29) is 11.4 Å². The molecule has 3 unspecified atom stereocenters. The third-order valence-electron chi connectivity index (χ3n) is 6.02. The van der Waals surface area contributed by atoms with E-state index in [1.165, 1.54) is 56.1 Å². The fourth-order valence-corrected chi connectivity index (χ4v) is 8.24. The third-order valence-corrected chi connectivity index (χ3v) is 8.88. The minimum atomic E-state index is -0.253. The number of carbonyl (C=O) groups excluding carboxylic acids is 1. The summed E-state index contributed by atoms with van der Waals surface area (Å²) >= 11 is 4.21. The highest BCUT2D eigenvalue weighted by Gasteiger charge is 2.57. The van der Waals surface area contributed by atoms with Crippen LogP contribution < -0.4 is 0 Å². The molecule has 4 heteroatoms. The van der Waals surface area contributed by atoms with E-state index in [1.54, 1.807) is 0 Å². The van der Waals surface area contributed by atoms with Gasteiger partial charge in [0.15, 0.2) is 0 Å². The van der Waals surface area contributed by atoms with Crippen molar-refractivity contribution in [1.82, 2.24) is 0 Å². The molecule has 0 aromatic rings. The predicted octanol–water partition coefficient (Wildman–Crippen LogP) is 5.13. The topological polar surface area (TPSA) is 26.3 Å². The van der Waals surface area contributed by atoms with Crippen molar-refractivity contribution >= 4 is 29.5 Å². The van der Waals surface area contributed by atoms with Crippen LogP contribution in [0, 0.1) is 22.7 Å². The van der Waals surface area contributed by atoms with Gasteiger partial charge >= 0.3 is 5.97 Å². The van der Waals surface area contributed by atoms with Crippen molar-refractivity contribution in [3.05, 3.63) is 12.7 Å². The first-order valence-electron chi connectivity index (χ1n) is 9.00. The lowest BCUT2D eigenvalue weighted by Gasteiger charge is -2.62. The molecule has 0 heterocycles. The Morgan fingerprint density at radius 2 is 1.91 bits per heavy atom. The van der Waals surface area contributed by atoms with E-state index >= 15 is 0 Å². The average molecular weight is 355 g/mol. The minimum absolute atomic E-state index is 0.253. The lowest BCUT2D eigenvalue weighted by atomic mass is 9.45. The van der Waals surface area contributed by atoms with E-state index in [4.69, 9.17) is 4.74 Å². The number of rotatable bonds is 8. The van der Waals surface area contributed by atoms with Gasteiger partial charge < -0.3 is 4.74 Å². The van der Waals surface area contributed by atoms with Crippen molar-refractivity contribution in [2.75, 3.05) is 18.1 Å². The van der Waals surface area contributed by atoms with Crippen molar-refractivity contribution < 1.29 is 9.53 Å². The first kappa shape index (κ1) is 17.7. The number of thioether (sulfide) groups is 2. The Kier molecular flexibility index (Phi) is 5.42. The third kappa shape index (κ3) is 3.95. The van der Waals surface area contributed by atoms with Gasteiger partial charge in [-0.25, -0.2) is 4.79 Å². The smallest absolute Gasteiger partial charge is 0.330 e.